The highest BCUT2D eigenvalue weighted by molar-refractivity contribution is 4.85. The van der Waals surface area contributed by atoms with E-state index < -0.39 is 0 Å². The second-order valence-electron chi connectivity index (χ2n) is 4.65. The van der Waals surface area contributed by atoms with Gasteiger partial charge in [0.15, 0.2) is 0 Å². The third kappa shape index (κ3) is 4.63. The molecule has 0 rings (SSSR count). The van der Waals surface area contributed by atoms with E-state index in [0.717, 1.165) is 12.8 Å². The molecule has 2 nitrogen and oxygen atoms in total. The molecule has 0 aliphatic rings. The van der Waals surface area contributed by atoms with E-state index in [2.05, 4.69) is 39.9 Å². The predicted octanol–water partition coefficient (Wildman–Crippen LogP) is 2.17. The maximum atomic E-state index is 9.28. The van der Waals surface area contributed by atoms with Gasteiger partial charge >= 0.3 is 0 Å². The molecule has 0 aromatic heterocycles. The number of nitrogens with one attached hydrogen (secondary N) is 1. The third-order valence-corrected chi connectivity index (χ3v) is 2.73. The second kappa shape index (κ2) is 5.61. The molecule has 0 bridgehead atoms. The molecule has 0 saturated heterocycles. The van der Waals surface area contributed by atoms with Gasteiger partial charge in [-0.15, -0.1) is 0 Å². The molecule has 0 heterocycles. The van der Waals surface area contributed by atoms with E-state index in [4.69, 9.17) is 0 Å². The number of hydrogen-bond donors (Lipinski definition) is 2. The Labute approximate surface area is 82.7 Å². The van der Waals surface area contributed by atoms with Gasteiger partial charge in [0.1, 0.15) is 0 Å². The van der Waals surface area contributed by atoms with Crippen LogP contribution in [-0.2, 0) is 0 Å². The molecule has 0 aromatic rings. The van der Waals surface area contributed by atoms with Crippen LogP contribution >= 0.6 is 0 Å². The summed E-state index contributed by atoms with van der Waals surface area (Å²) in [6.45, 7) is 11.0. The zero-order chi connectivity index (χ0) is 10.5. The SMILES string of the molecule is CCCC(C)(CO)NC(C)C(C)C. The summed E-state index contributed by atoms with van der Waals surface area (Å²) in [6.07, 6.45) is 2.13. The van der Waals surface area contributed by atoms with Crippen molar-refractivity contribution in [1.29, 1.82) is 0 Å². The largest absolute Gasteiger partial charge is 0.394 e. The Morgan fingerprint density at radius 1 is 1.31 bits per heavy atom. The summed E-state index contributed by atoms with van der Waals surface area (Å²) >= 11 is 0. The monoisotopic (exact) mass is 187 g/mol. The molecule has 2 N–H and O–H groups in total. The van der Waals surface area contributed by atoms with E-state index >= 15 is 0 Å². The van der Waals surface area contributed by atoms with Crippen LogP contribution in [0.2, 0.25) is 0 Å². The van der Waals surface area contributed by atoms with Crippen LogP contribution in [0.3, 0.4) is 0 Å². The molecule has 0 amide bonds. The van der Waals surface area contributed by atoms with Gasteiger partial charge in [-0.05, 0) is 26.2 Å². The first-order valence-corrected chi connectivity index (χ1v) is 5.33. The summed E-state index contributed by atoms with van der Waals surface area (Å²) in [5, 5.41) is 12.8. The Morgan fingerprint density at radius 3 is 2.15 bits per heavy atom. The summed E-state index contributed by atoms with van der Waals surface area (Å²) in [4.78, 5) is 0. The van der Waals surface area contributed by atoms with Crippen molar-refractivity contribution in [1.82, 2.24) is 5.32 Å². The molecule has 2 heteroatoms. The van der Waals surface area contributed by atoms with Crippen molar-refractivity contribution >= 4 is 0 Å². The summed E-state index contributed by atoms with van der Waals surface area (Å²) in [6, 6.07) is 0.462. The minimum Gasteiger partial charge on any atom is -0.394 e. The van der Waals surface area contributed by atoms with Crippen molar-refractivity contribution in [3.8, 4) is 0 Å². The molecule has 0 radical (unpaired) electrons. The molecule has 0 aromatic carbocycles. The zero-order valence-corrected chi connectivity index (χ0v) is 9.72. The molecule has 13 heavy (non-hydrogen) atoms. The van der Waals surface area contributed by atoms with E-state index in [0.29, 0.717) is 12.0 Å². The second-order valence-corrected chi connectivity index (χ2v) is 4.65. The van der Waals surface area contributed by atoms with E-state index in [9.17, 15) is 5.11 Å². The van der Waals surface area contributed by atoms with Crippen molar-refractivity contribution in [2.75, 3.05) is 6.61 Å². The van der Waals surface area contributed by atoms with Crippen LogP contribution in [-0.4, -0.2) is 23.3 Å². The highest BCUT2D eigenvalue weighted by atomic mass is 16.3. The first kappa shape index (κ1) is 12.9. The molecule has 0 fully saturated rings. The van der Waals surface area contributed by atoms with E-state index in [1.54, 1.807) is 0 Å². The standard InChI is InChI=1S/C11H25NO/c1-6-7-11(5,8-13)12-10(4)9(2)3/h9-10,12-13H,6-8H2,1-5H3. The molecule has 0 aliphatic carbocycles. The van der Waals surface area contributed by atoms with Crippen LogP contribution in [0.5, 0.6) is 0 Å². The minimum absolute atomic E-state index is 0.0988. The highest BCUT2D eigenvalue weighted by Crippen LogP contribution is 2.14. The average Bonchev–Trinajstić information content (AvgIpc) is 2.04. The van der Waals surface area contributed by atoms with Crippen LogP contribution in [0.4, 0.5) is 0 Å². The lowest BCUT2D eigenvalue weighted by molar-refractivity contribution is 0.145. The minimum atomic E-state index is -0.0988. The van der Waals surface area contributed by atoms with Gasteiger partial charge in [-0.2, -0.15) is 0 Å². The lowest BCUT2D eigenvalue weighted by Gasteiger charge is -2.33. The van der Waals surface area contributed by atoms with E-state index in [1.807, 2.05) is 0 Å². The lowest BCUT2D eigenvalue weighted by Crippen LogP contribution is -2.51. The van der Waals surface area contributed by atoms with Crippen molar-refractivity contribution in [2.24, 2.45) is 5.92 Å². The molecule has 80 valence electrons. The van der Waals surface area contributed by atoms with Gasteiger partial charge in [-0.3, -0.25) is 0 Å². The van der Waals surface area contributed by atoms with Crippen LogP contribution in [0, 0.1) is 5.92 Å². The van der Waals surface area contributed by atoms with Gasteiger partial charge in [0.2, 0.25) is 0 Å². The van der Waals surface area contributed by atoms with Crippen molar-refractivity contribution in [2.45, 2.75) is 59.0 Å². The number of aliphatic hydroxyl groups excluding tert-OH is 1. The van der Waals surface area contributed by atoms with Gasteiger partial charge in [0, 0.05) is 11.6 Å². The smallest absolute Gasteiger partial charge is 0.0610 e. The van der Waals surface area contributed by atoms with Crippen LogP contribution in [0.15, 0.2) is 0 Å². The fourth-order valence-electron chi connectivity index (χ4n) is 1.46. The topological polar surface area (TPSA) is 32.3 Å². The maximum Gasteiger partial charge on any atom is 0.0610 e. The molecular formula is C11H25NO. The Morgan fingerprint density at radius 2 is 1.85 bits per heavy atom. The Balaban J connectivity index is 4.09. The molecule has 2 atom stereocenters. The fraction of sp³-hybridized carbons (Fsp3) is 1.00. The van der Waals surface area contributed by atoms with Gasteiger partial charge in [0.25, 0.3) is 0 Å². The highest BCUT2D eigenvalue weighted by Gasteiger charge is 2.24. The molecule has 0 spiro atoms. The van der Waals surface area contributed by atoms with Gasteiger partial charge in [0.05, 0.1) is 6.61 Å². The number of hydrogen-bond acceptors (Lipinski definition) is 2. The third-order valence-electron chi connectivity index (χ3n) is 2.73. The number of aliphatic hydroxyl groups is 1. The predicted molar refractivity (Wildman–Crippen MR) is 57.8 cm³/mol. The van der Waals surface area contributed by atoms with Gasteiger partial charge in [-0.1, -0.05) is 27.2 Å². The molecule has 2 unspecified atom stereocenters. The average molecular weight is 187 g/mol. The van der Waals surface area contributed by atoms with Gasteiger partial charge < -0.3 is 10.4 Å². The van der Waals surface area contributed by atoms with Crippen molar-refractivity contribution in [3.05, 3.63) is 0 Å². The summed E-state index contributed by atoms with van der Waals surface area (Å²) < 4.78 is 0. The number of rotatable bonds is 6. The Hall–Kier alpha value is -0.0800. The quantitative estimate of drug-likeness (QED) is 0.668. The zero-order valence-electron chi connectivity index (χ0n) is 9.72. The Kier molecular flexibility index (Phi) is 5.57. The summed E-state index contributed by atoms with van der Waals surface area (Å²) in [5.41, 5.74) is -0.0988. The van der Waals surface area contributed by atoms with Crippen LogP contribution in [0.25, 0.3) is 0 Å². The Bertz CT molecular complexity index is 136. The lowest BCUT2D eigenvalue weighted by atomic mass is 9.94. The van der Waals surface area contributed by atoms with Crippen LogP contribution < -0.4 is 5.32 Å². The fourth-order valence-corrected chi connectivity index (χ4v) is 1.46. The van der Waals surface area contributed by atoms with Gasteiger partial charge in [-0.25, -0.2) is 0 Å². The summed E-state index contributed by atoms with van der Waals surface area (Å²) in [7, 11) is 0. The normalized spacial score (nSPS) is 18.7. The molecule has 0 saturated carbocycles. The molecular weight excluding hydrogens is 162 g/mol. The van der Waals surface area contributed by atoms with Crippen LogP contribution in [0.1, 0.15) is 47.5 Å². The maximum absolute atomic E-state index is 9.28. The van der Waals surface area contributed by atoms with Crippen molar-refractivity contribution in [3.63, 3.8) is 0 Å². The van der Waals surface area contributed by atoms with Crippen molar-refractivity contribution < 1.29 is 5.11 Å². The first-order chi connectivity index (χ1) is 5.95. The molecule has 0 aliphatic heterocycles. The first-order valence-electron chi connectivity index (χ1n) is 5.33. The summed E-state index contributed by atoms with van der Waals surface area (Å²) in [5.74, 6) is 0.614. The van der Waals surface area contributed by atoms with E-state index in [-0.39, 0.29) is 12.1 Å². The van der Waals surface area contributed by atoms with E-state index in [1.165, 1.54) is 0 Å².